The molecular weight excluding hydrogens is 379 g/mol. The Kier molecular flexibility index (Phi) is 5.03. The van der Waals surface area contributed by atoms with E-state index in [1.54, 1.807) is 32.3 Å². The van der Waals surface area contributed by atoms with Gasteiger partial charge in [-0.3, -0.25) is 4.79 Å². The third-order valence-corrected chi connectivity index (χ3v) is 3.62. The average Bonchev–Trinajstić information content (AvgIpc) is 2.42. The molecule has 5 nitrogen and oxygen atoms in total. The number of nitrogens with one attached hydrogen (secondary N) is 2. The van der Waals surface area contributed by atoms with E-state index in [1.165, 1.54) is 0 Å². The van der Waals surface area contributed by atoms with E-state index in [1.807, 2.05) is 0 Å². The minimum atomic E-state index is -0.345. The summed E-state index contributed by atoms with van der Waals surface area (Å²) in [7, 11) is 1.69. The van der Waals surface area contributed by atoms with Gasteiger partial charge in [0.25, 0.3) is 5.91 Å². The second-order valence-electron chi connectivity index (χ2n) is 4.18. The minimum absolute atomic E-state index is 0.141. The van der Waals surface area contributed by atoms with Gasteiger partial charge in [0, 0.05) is 17.7 Å². The van der Waals surface area contributed by atoms with E-state index >= 15 is 0 Å². The standard InChI is InChI=1S/C13H11BrCl2N4O/c1-6-3-9(15)19-11(16)10(6)20-13(21)8-4-7(14)5-18-12(8)17-2/h3-5H,1-2H3,(H,17,18)(H,20,21). The Bertz CT molecular complexity index is 686. The first kappa shape index (κ1) is 16.0. The maximum atomic E-state index is 12.4. The van der Waals surface area contributed by atoms with Crippen molar-refractivity contribution >= 4 is 56.5 Å². The second-order valence-corrected chi connectivity index (χ2v) is 5.84. The zero-order chi connectivity index (χ0) is 15.6. The van der Waals surface area contributed by atoms with E-state index in [4.69, 9.17) is 23.2 Å². The predicted molar refractivity (Wildman–Crippen MR) is 88.4 cm³/mol. The minimum Gasteiger partial charge on any atom is -0.372 e. The number of aromatic nitrogens is 2. The maximum absolute atomic E-state index is 12.4. The van der Waals surface area contributed by atoms with E-state index in [0.717, 1.165) is 5.56 Å². The lowest BCUT2D eigenvalue weighted by Gasteiger charge is -2.12. The van der Waals surface area contributed by atoms with Gasteiger partial charge in [-0.2, -0.15) is 0 Å². The predicted octanol–water partition coefficient (Wildman–Crippen LogP) is 4.15. The highest BCUT2D eigenvalue weighted by Crippen LogP contribution is 2.28. The molecule has 0 radical (unpaired) electrons. The van der Waals surface area contributed by atoms with Crippen LogP contribution in [0.4, 0.5) is 11.5 Å². The summed E-state index contributed by atoms with van der Waals surface area (Å²) in [5, 5.41) is 6.01. The van der Waals surface area contributed by atoms with Crippen LogP contribution in [-0.4, -0.2) is 22.9 Å². The van der Waals surface area contributed by atoms with Gasteiger partial charge >= 0.3 is 0 Å². The lowest BCUT2D eigenvalue weighted by atomic mass is 10.2. The first-order chi connectivity index (χ1) is 9.92. The van der Waals surface area contributed by atoms with Crippen molar-refractivity contribution in [3.8, 4) is 0 Å². The fourth-order valence-corrected chi connectivity index (χ4v) is 2.65. The van der Waals surface area contributed by atoms with Crippen molar-refractivity contribution in [2.75, 3.05) is 17.7 Å². The Labute approximate surface area is 140 Å². The first-order valence-corrected chi connectivity index (χ1v) is 7.44. The molecule has 0 aromatic carbocycles. The van der Waals surface area contributed by atoms with E-state index in [2.05, 4.69) is 36.5 Å². The van der Waals surface area contributed by atoms with E-state index in [0.29, 0.717) is 21.5 Å². The molecule has 1 amide bonds. The van der Waals surface area contributed by atoms with Crippen molar-refractivity contribution in [1.82, 2.24) is 9.97 Å². The largest absolute Gasteiger partial charge is 0.372 e. The molecule has 0 saturated carbocycles. The van der Waals surface area contributed by atoms with Crippen LogP contribution in [0, 0.1) is 6.92 Å². The lowest BCUT2D eigenvalue weighted by Crippen LogP contribution is -2.16. The highest BCUT2D eigenvalue weighted by molar-refractivity contribution is 9.10. The number of hydrogen-bond donors (Lipinski definition) is 2. The summed E-state index contributed by atoms with van der Waals surface area (Å²) in [5.41, 5.74) is 1.53. The van der Waals surface area contributed by atoms with Gasteiger partial charge in [0.05, 0.1) is 11.3 Å². The topological polar surface area (TPSA) is 66.9 Å². The molecule has 21 heavy (non-hydrogen) atoms. The van der Waals surface area contributed by atoms with Crippen molar-refractivity contribution < 1.29 is 4.79 Å². The number of carbonyl (C=O) groups is 1. The quantitative estimate of drug-likeness (QED) is 0.774. The Hall–Kier alpha value is -1.37. The molecule has 2 aromatic rings. The third kappa shape index (κ3) is 3.64. The Morgan fingerprint density at radius 1 is 1.33 bits per heavy atom. The molecule has 0 saturated heterocycles. The maximum Gasteiger partial charge on any atom is 0.259 e. The molecule has 0 aliphatic rings. The van der Waals surface area contributed by atoms with Crippen LogP contribution in [0.3, 0.4) is 0 Å². The summed E-state index contributed by atoms with van der Waals surface area (Å²) in [6, 6.07) is 3.29. The molecule has 2 N–H and O–H groups in total. The van der Waals surface area contributed by atoms with Crippen molar-refractivity contribution in [1.29, 1.82) is 0 Å². The molecular formula is C13H11BrCl2N4O. The van der Waals surface area contributed by atoms with Crippen LogP contribution in [0.1, 0.15) is 15.9 Å². The fraction of sp³-hybridized carbons (Fsp3) is 0.154. The van der Waals surface area contributed by atoms with Gasteiger partial charge in [0.2, 0.25) is 0 Å². The Balaban J connectivity index is 2.37. The molecule has 0 atom stereocenters. The number of hydrogen-bond acceptors (Lipinski definition) is 4. The van der Waals surface area contributed by atoms with E-state index in [9.17, 15) is 4.79 Å². The van der Waals surface area contributed by atoms with Gasteiger partial charge in [-0.05, 0) is 40.5 Å². The van der Waals surface area contributed by atoms with Crippen LogP contribution in [0.15, 0.2) is 22.8 Å². The highest BCUT2D eigenvalue weighted by Gasteiger charge is 2.16. The molecule has 0 fully saturated rings. The summed E-state index contributed by atoms with van der Waals surface area (Å²) < 4.78 is 0.698. The number of aryl methyl sites for hydroxylation is 1. The molecule has 2 aromatic heterocycles. The smallest absolute Gasteiger partial charge is 0.259 e. The number of nitrogens with zero attached hydrogens (tertiary/aromatic N) is 2. The van der Waals surface area contributed by atoms with Gasteiger partial charge in [-0.1, -0.05) is 23.2 Å². The van der Waals surface area contributed by atoms with Crippen molar-refractivity contribution in [3.63, 3.8) is 0 Å². The lowest BCUT2D eigenvalue weighted by molar-refractivity contribution is 0.102. The number of anilines is 2. The second kappa shape index (κ2) is 6.60. The summed E-state index contributed by atoms with van der Waals surface area (Å²) in [6.45, 7) is 1.78. The number of carbonyl (C=O) groups excluding carboxylic acids is 1. The molecule has 0 bridgehead atoms. The Morgan fingerprint density at radius 3 is 2.67 bits per heavy atom. The van der Waals surface area contributed by atoms with Crippen LogP contribution in [0.25, 0.3) is 0 Å². The molecule has 0 unspecified atom stereocenters. The Morgan fingerprint density at radius 2 is 2.05 bits per heavy atom. The first-order valence-electron chi connectivity index (χ1n) is 5.89. The summed E-state index contributed by atoms with van der Waals surface area (Å²) >= 11 is 15.1. The zero-order valence-corrected chi connectivity index (χ0v) is 14.3. The average molecular weight is 390 g/mol. The molecule has 8 heteroatoms. The molecule has 0 aliphatic carbocycles. The highest BCUT2D eigenvalue weighted by atomic mass is 79.9. The number of rotatable bonds is 3. The van der Waals surface area contributed by atoms with Crippen LogP contribution in [-0.2, 0) is 0 Å². The monoisotopic (exact) mass is 388 g/mol. The SMILES string of the molecule is CNc1ncc(Br)cc1C(=O)Nc1c(C)cc(Cl)nc1Cl. The molecule has 0 aliphatic heterocycles. The summed E-state index contributed by atoms with van der Waals surface area (Å²) in [6.07, 6.45) is 1.60. The molecule has 2 rings (SSSR count). The van der Waals surface area contributed by atoms with Gasteiger partial charge < -0.3 is 10.6 Å². The summed E-state index contributed by atoms with van der Waals surface area (Å²) in [4.78, 5) is 20.5. The molecule has 0 spiro atoms. The fourth-order valence-electron chi connectivity index (χ4n) is 1.74. The normalized spacial score (nSPS) is 10.3. The van der Waals surface area contributed by atoms with Crippen molar-refractivity contribution in [3.05, 3.63) is 44.2 Å². The summed E-state index contributed by atoms with van der Waals surface area (Å²) in [5.74, 6) is 0.119. The van der Waals surface area contributed by atoms with Gasteiger partial charge in [-0.25, -0.2) is 9.97 Å². The van der Waals surface area contributed by atoms with E-state index < -0.39 is 0 Å². The van der Waals surface area contributed by atoms with Crippen LogP contribution >= 0.6 is 39.1 Å². The molecule has 2 heterocycles. The van der Waals surface area contributed by atoms with Crippen molar-refractivity contribution in [2.45, 2.75) is 6.92 Å². The number of halogens is 3. The van der Waals surface area contributed by atoms with Gasteiger partial charge in [0.15, 0.2) is 5.15 Å². The zero-order valence-electron chi connectivity index (χ0n) is 11.2. The third-order valence-electron chi connectivity index (χ3n) is 2.72. The van der Waals surface area contributed by atoms with Crippen molar-refractivity contribution in [2.24, 2.45) is 0 Å². The van der Waals surface area contributed by atoms with Gasteiger partial charge in [-0.15, -0.1) is 0 Å². The van der Waals surface area contributed by atoms with Crippen LogP contribution in [0.5, 0.6) is 0 Å². The molecule has 110 valence electrons. The van der Waals surface area contributed by atoms with Gasteiger partial charge in [0.1, 0.15) is 11.0 Å². The number of amides is 1. The number of pyridine rings is 2. The van der Waals surface area contributed by atoms with Crippen LogP contribution in [0.2, 0.25) is 10.3 Å². The van der Waals surface area contributed by atoms with Crippen LogP contribution < -0.4 is 10.6 Å². The van der Waals surface area contributed by atoms with E-state index in [-0.39, 0.29) is 16.2 Å².